The maximum absolute atomic E-state index is 3.61. The fraction of sp³-hybridized carbons (Fsp3) is 0.647. The molecule has 1 rings (SSSR count). The van der Waals surface area contributed by atoms with Crippen molar-refractivity contribution in [2.24, 2.45) is 5.92 Å². The van der Waals surface area contributed by atoms with E-state index in [1.807, 2.05) is 0 Å². The van der Waals surface area contributed by atoms with E-state index in [2.05, 4.69) is 72.0 Å². The molecule has 0 atom stereocenters. The van der Waals surface area contributed by atoms with Crippen LogP contribution >= 0.6 is 15.9 Å². The number of hydrogen-bond acceptors (Lipinski definition) is 2. The minimum Gasteiger partial charge on any atom is -0.372 e. The third kappa shape index (κ3) is 5.84. The van der Waals surface area contributed by atoms with E-state index in [9.17, 15) is 0 Å². The fourth-order valence-electron chi connectivity index (χ4n) is 2.27. The topological polar surface area (TPSA) is 15.3 Å². The van der Waals surface area contributed by atoms with Crippen molar-refractivity contribution in [1.82, 2.24) is 5.32 Å². The fourth-order valence-corrected chi connectivity index (χ4v) is 2.62. The molecule has 114 valence electrons. The van der Waals surface area contributed by atoms with Crippen LogP contribution in [0.1, 0.15) is 46.1 Å². The van der Waals surface area contributed by atoms with E-state index in [1.54, 1.807) is 0 Å². The van der Waals surface area contributed by atoms with Gasteiger partial charge in [-0.25, -0.2) is 0 Å². The van der Waals surface area contributed by atoms with Crippen LogP contribution in [-0.2, 0) is 6.54 Å². The Morgan fingerprint density at radius 3 is 2.60 bits per heavy atom. The van der Waals surface area contributed by atoms with Crippen molar-refractivity contribution >= 4 is 21.6 Å². The average Bonchev–Trinajstić information content (AvgIpc) is 2.41. The lowest BCUT2D eigenvalue weighted by Crippen LogP contribution is -2.27. The van der Waals surface area contributed by atoms with Crippen LogP contribution in [-0.4, -0.2) is 19.6 Å². The molecule has 0 saturated heterocycles. The van der Waals surface area contributed by atoms with Gasteiger partial charge in [0.05, 0.1) is 0 Å². The molecule has 20 heavy (non-hydrogen) atoms. The van der Waals surface area contributed by atoms with E-state index in [4.69, 9.17) is 0 Å². The number of anilines is 1. The maximum atomic E-state index is 3.61. The van der Waals surface area contributed by atoms with E-state index < -0.39 is 0 Å². The Balaban J connectivity index is 2.82. The van der Waals surface area contributed by atoms with Gasteiger partial charge in [0, 0.05) is 29.8 Å². The van der Waals surface area contributed by atoms with Crippen LogP contribution < -0.4 is 10.2 Å². The van der Waals surface area contributed by atoms with Gasteiger partial charge < -0.3 is 10.2 Å². The first-order chi connectivity index (χ1) is 9.58. The molecule has 0 aliphatic heterocycles. The molecule has 0 bridgehead atoms. The van der Waals surface area contributed by atoms with Crippen LogP contribution in [0.2, 0.25) is 0 Å². The van der Waals surface area contributed by atoms with Crippen LogP contribution in [0.3, 0.4) is 0 Å². The first-order valence-electron chi connectivity index (χ1n) is 7.82. The van der Waals surface area contributed by atoms with Crippen molar-refractivity contribution in [1.29, 1.82) is 0 Å². The van der Waals surface area contributed by atoms with Crippen LogP contribution in [0.5, 0.6) is 0 Å². The van der Waals surface area contributed by atoms with E-state index in [0.29, 0.717) is 5.92 Å². The molecule has 0 spiro atoms. The predicted molar refractivity (Wildman–Crippen MR) is 93.5 cm³/mol. The Morgan fingerprint density at radius 2 is 2.00 bits per heavy atom. The smallest absolute Gasteiger partial charge is 0.0423 e. The van der Waals surface area contributed by atoms with Gasteiger partial charge in [0.2, 0.25) is 0 Å². The lowest BCUT2D eigenvalue weighted by molar-refractivity contribution is 0.551. The molecule has 0 aliphatic carbocycles. The standard InChI is InChI=1S/C17H29BrN2/c1-5-7-10-20(6-2)17-11-16(18)9-8-15(17)13-19-12-14(3)4/h8-9,11,14,19H,5-7,10,12-13H2,1-4H3. The van der Waals surface area contributed by atoms with Gasteiger partial charge in [0.25, 0.3) is 0 Å². The van der Waals surface area contributed by atoms with Crippen molar-refractivity contribution in [3.05, 3.63) is 28.2 Å². The summed E-state index contributed by atoms with van der Waals surface area (Å²) >= 11 is 3.61. The largest absolute Gasteiger partial charge is 0.372 e. The Labute approximate surface area is 133 Å². The molecule has 0 unspecified atom stereocenters. The molecule has 1 N–H and O–H groups in total. The summed E-state index contributed by atoms with van der Waals surface area (Å²) in [6.07, 6.45) is 2.49. The minimum absolute atomic E-state index is 0.691. The SMILES string of the molecule is CCCCN(CC)c1cc(Br)ccc1CNCC(C)C. The zero-order valence-corrected chi connectivity index (χ0v) is 15.0. The normalized spacial score (nSPS) is 11.1. The molecule has 1 aromatic carbocycles. The highest BCUT2D eigenvalue weighted by molar-refractivity contribution is 9.10. The summed E-state index contributed by atoms with van der Waals surface area (Å²) in [5.74, 6) is 0.691. The van der Waals surface area contributed by atoms with E-state index >= 15 is 0 Å². The molecular weight excluding hydrogens is 312 g/mol. The van der Waals surface area contributed by atoms with Crippen LogP contribution in [0, 0.1) is 5.92 Å². The third-order valence-electron chi connectivity index (χ3n) is 3.42. The van der Waals surface area contributed by atoms with Crippen molar-refractivity contribution in [2.75, 3.05) is 24.5 Å². The highest BCUT2D eigenvalue weighted by Crippen LogP contribution is 2.25. The molecule has 0 fully saturated rings. The van der Waals surface area contributed by atoms with Crippen molar-refractivity contribution in [3.63, 3.8) is 0 Å². The summed E-state index contributed by atoms with van der Waals surface area (Å²) in [6.45, 7) is 13.2. The number of nitrogens with zero attached hydrogens (tertiary/aromatic N) is 1. The molecule has 1 aromatic rings. The number of halogens is 1. The molecule has 0 amide bonds. The van der Waals surface area contributed by atoms with Gasteiger partial charge in [0.1, 0.15) is 0 Å². The highest BCUT2D eigenvalue weighted by atomic mass is 79.9. The van der Waals surface area contributed by atoms with Gasteiger partial charge in [-0.1, -0.05) is 49.2 Å². The van der Waals surface area contributed by atoms with E-state index in [0.717, 1.165) is 30.7 Å². The van der Waals surface area contributed by atoms with Gasteiger partial charge in [-0.3, -0.25) is 0 Å². The first-order valence-corrected chi connectivity index (χ1v) is 8.61. The molecule has 0 radical (unpaired) electrons. The zero-order valence-electron chi connectivity index (χ0n) is 13.4. The number of benzene rings is 1. The Kier molecular flexibility index (Phi) is 8.24. The second-order valence-electron chi connectivity index (χ2n) is 5.73. The second kappa shape index (κ2) is 9.41. The van der Waals surface area contributed by atoms with Gasteiger partial charge in [-0.15, -0.1) is 0 Å². The minimum atomic E-state index is 0.691. The predicted octanol–water partition coefficient (Wildman–Crippen LogP) is 4.82. The van der Waals surface area contributed by atoms with Crippen LogP contribution in [0.25, 0.3) is 0 Å². The van der Waals surface area contributed by atoms with Crippen LogP contribution in [0.4, 0.5) is 5.69 Å². The maximum Gasteiger partial charge on any atom is 0.0423 e. The number of unbranched alkanes of at least 4 members (excludes halogenated alkanes) is 1. The third-order valence-corrected chi connectivity index (χ3v) is 3.91. The summed E-state index contributed by atoms with van der Waals surface area (Å²) in [4.78, 5) is 2.49. The summed E-state index contributed by atoms with van der Waals surface area (Å²) in [6, 6.07) is 6.64. The monoisotopic (exact) mass is 340 g/mol. The molecule has 2 nitrogen and oxygen atoms in total. The number of rotatable bonds is 9. The van der Waals surface area contributed by atoms with Crippen molar-refractivity contribution in [2.45, 2.75) is 47.1 Å². The van der Waals surface area contributed by atoms with Gasteiger partial charge in [-0.2, -0.15) is 0 Å². The summed E-state index contributed by atoms with van der Waals surface area (Å²) < 4.78 is 1.16. The summed E-state index contributed by atoms with van der Waals surface area (Å²) in [5.41, 5.74) is 2.76. The highest BCUT2D eigenvalue weighted by Gasteiger charge is 2.10. The lowest BCUT2D eigenvalue weighted by atomic mass is 10.1. The van der Waals surface area contributed by atoms with E-state index in [1.165, 1.54) is 24.1 Å². The zero-order chi connectivity index (χ0) is 15.0. The first kappa shape index (κ1) is 17.5. The van der Waals surface area contributed by atoms with Gasteiger partial charge >= 0.3 is 0 Å². The molecular formula is C17H29BrN2. The van der Waals surface area contributed by atoms with Crippen LogP contribution in [0.15, 0.2) is 22.7 Å². The Hall–Kier alpha value is -0.540. The van der Waals surface area contributed by atoms with Crippen molar-refractivity contribution in [3.8, 4) is 0 Å². The van der Waals surface area contributed by atoms with Crippen molar-refractivity contribution < 1.29 is 0 Å². The summed E-state index contributed by atoms with van der Waals surface area (Å²) in [7, 11) is 0. The van der Waals surface area contributed by atoms with Gasteiger partial charge in [0.15, 0.2) is 0 Å². The summed E-state index contributed by atoms with van der Waals surface area (Å²) in [5, 5.41) is 3.55. The quantitative estimate of drug-likeness (QED) is 0.693. The molecule has 0 heterocycles. The molecule has 0 saturated carbocycles. The average molecular weight is 341 g/mol. The second-order valence-corrected chi connectivity index (χ2v) is 6.65. The molecule has 0 aliphatic rings. The van der Waals surface area contributed by atoms with E-state index in [-0.39, 0.29) is 0 Å². The Morgan fingerprint density at radius 1 is 1.25 bits per heavy atom. The number of hydrogen-bond donors (Lipinski definition) is 1. The Bertz CT molecular complexity index is 391. The number of nitrogens with one attached hydrogen (secondary N) is 1. The molecule has 0 aromatic heterocycles. The lowest BCUT2D eigenvalue weighted by Gasteiger charge is -2.26. The van der Waals surface area contributed by atoms with Gasteiger partial charge in [-0.05, 0) is 43.5 Å². The molecule has 3 heteroatoms.